The van der Waals surface area contributed by atoms with Crippen LogP contribution in [0.5, 0.6) is 0 Å². The highest BCUT2D eigenvalue weighted by molar-refractivity contribution is 6.01. The first-order valence-corrected chi connectivity index (χ1v) is 9.56. The van der Waals surface area contributed by atoms with Gasteiger partial charge in [0.2, 0.25) is 5.91 Å². The van der Waals surface area contributed by atoms with E-state index in [1.54, 1.807) is 53.4 Å². The molecule has 4 rings (SSSR count). The Morgan fingerprint density at radius 1 is 1.07 bits per heavy atom. The van der Waals surface area contributed by atoms with Crippen LogP contribution in [0.25, 0.3) is 10.9 Å². The summed E-state index contributed by atoms with van der Waals surface area (Å²) in [5, 5.41) is 0.400. The van der Waals surface area contributed by atoms with Gasteiger partial charge in [0, 0.05) is 24.2 Å². The predicted molar refractivity (Wildman–Crippen MR) is 109 cm³/mol. The van der Waals surface area contributed by atoms with Crippen molar-refractivity contribution in [3.8, 4) is 0 Å². The molecule has 0 radical (unpaired) electrons. The van der Waals surface area contributed by atoms with Crippen LogP contribution in [0.4, 0.5) is 5.69 Å². The zero-order valence-electron chi connectivity index (χ0n) is 16.1. The number of amides is 1. The van der Waals surface area contributed by atoms with Gasteiger partial charge in [-0.05, 0) is 30.7 Å². The number of hydrogen-bond acceptors (Lipinski definition) is 6. The van der Waals surface area contributed by atoms with Crippen LogP contribution >= 0.6 is 0 Å². The van der Waals surface area contributed by atoms with E-state index < -0.39 is 12.6 Å². The Morgan fingerprint density at radius 3 is 2.70 bits per heavy atom. The van der Waals surface area contributed by atoms with Crippen molar-refractivity contribution in [2.75, 3.05) is 18.1 Å². The van der Waals surface area contributed by atoms with E-state index >= 15 is 0 Å². The third-order valence-electron chi connectivity index (χ3n) is 4.95. The van der Waals surface area contributed by atoms with E-state index in [0.29, 0.717) is 35.1 Å². The van der Waals surface area contributed by atoms with Crippen molar-refractivity contribution in [3.05, 3.63) is 70.8 Å². The largest absolute Gasteiger partial charge is 0.456 e. The van der Waals surface area contributed by atoms with Crippen molar-refractivity contribution in [3.63, 3.8) is 0 Å². The number of rotatable bonds is 6. The monoisotopic (exact) mass is 405 g/mol. The second-order valence-corrected chi connectivity index (χ2v) is 6.98. The Labute approximate surface area is 171 Å². The molecule has 1 amide bonds. The van der Waals surface area contributed by atoms with E-state index in [0.717, 1.165) is 11.0 Å². The zero-order valence-corrected chi connectivity index (χ0v) is 16.1. The van der Waals surface area contributed by atoms with E-state index in [1.807, 2.05) is 0 Å². The summed E-state index contributed by atoms with van der Waals surface area (Å²) in [5.41, 5.74) is 1.19. The highest BCUT2D eigenvalue weighted by Crippen LogP contribution is 2.22. The fourth-order valence-electron chi connectivity index (χ4n) is 3.40. The van der Waals surface area contributed by atoms with Gasteiger partial charge in [0.15, 0.2) is 12.4 Å². The molecule has 2 heterocycles. The van der Waals surface area contributed by atoms with Crippen LogP contribution in [-0.4, -0.2) is 40.4 Å². The third kappa shape index (κ3) is 3.98. The molecule has 30 heavy (non-hydrogen) atoms. The highest BCUT2D eigenvalue weighted by Gasteiger charge is 2.22. The summed E-state index contributed by atoms with van der Waals surface area (Å²) in [6.07, 6.45) is 2.57. The molecule has 3 aromatic rings. The maximum absolute atomic E-state index is 12.4. The molecule has 1 aliphatic heterocycles. The van der Waals surface area contributed by atoms with Gasteiger partial charge in [-0.25, -0.2) is 4.98 Å². The molecule has 8 heteroatoms. The van der Waals surface area contributed by atoms with E-state index in [4.69, 9.17) is 4.74 Å². The average Bonchev–Trinajstić information content (AvgIpc) is 3.20. The summed E-state index contributed by atoms with van der Waals surface area (Å²) >= 11 is 0. The van der Waals surface area contributed by atoms with E-state index in [2.05, 4.69) is 4.98 Å². The quantitative estimate of drug-likeness (QED) is 0.459. The second-order valence-electron chi connectivity index (χ2n) is 6.98. The second kappa shape index (κ2) is 8.28. The van der Waals surface area contributed by atoms with Gasteiger partial charge in [0.25, 0.3) is 5.56 Å². The lowest BCUT2D eigenvalue weighted by atomic mass is 10.1. The SMILES string of the molecule is O=C(Cn1cnc2ccccc2c1=O)OCC(=O)c1cccc(N2CCCC2=O)c1. The van der Waals surface area contributed by atoms with Crippen molar-refractivity contribution in [1.29, 1.82) is 0 Å². The smallest absolute Gasteiger partial charge is 0.326 e. The number of ether oxygens (including phenoxy) is 1. The molecule has 0 spiro atoms. The molecule has 0 unspecified atom stereocenters. The molecular weight excluding hydrogens is 386 g/mol. The molecule has 0 saturated carbocycles. The molecule has 1 fully saturated rings. The number of esters is 1. The number of Topliss-reactive ketones (excluding diaryl/α,β-unsaturated/α-hetero) is 1. The lowest BCUT2D eigenvalue weighted by Crippen LogP contribution is -2.27. The van der Waals surface area contributed by atoms with Crippen LogP contribution in [-0.2, 0) is 20.9 Å². The van der Waals surface area contributed by atoms with Gasteiger partial charge in [-0.1, -0.05) is 24.3 Å². The molecule has 1 aromatic heterocycles. The van der Waals surface area contributed by atoms with Crippen molar-refractivity contribution < 1.29 is 19.1 Å². The number of ketones is 1. The van der Waals surface area contributed by atoms with Gasteiger partial charge in [-0.2, -0.15) is 0 Å². The number of hydrogen-bond donors (Lipinski definition) is 0. The maximum Gasteiger partial charge on any atom is 0.326 e. The Kier molecular flexibility index (Phi) is 5.38. The fraction of sp³-hybridized carbons (Fsp3) is 0.227. The first kappa shape index (κ1) is 19.5. The molecule has 8 nitrogen and oxygen atoms in total. The first-order chi connectivity index (χ1) is 14.5. The summed E-state index contributed by atoms with van der Waals surface area (Å²) in [5.74, 6) is -1.07. The van der Waals surface area contributed by atoms with Crippen molar-refractivity contribution in [2.24, 2.45) is 0 Å². The van der Waals surface area contributed by atoms with Crippen LogP contribution in [0.1, 0.15) is 23.2 Å². The van der Waals surface area contributed by atoms with Crippen LogP contribution in [0.3, 0.4) is 0 Å². The van der Waals surface area contributed by atoms with Gasteiger partial charge in [0.05, 0.1) is 17.2 Å². The number of anilines is 1. The van der Waals surface area contributed by atoms with Gasteiger partial charge in [0.1, 0.15) is 6.54 Å². The summed E-state index contributed by atoms with van der Waals surface area (Å²) < 4.78 is 6.21. The third-order valence-corrected chi connectivity index (χ3v) is 4.95. The summed E-state index contributed by atoms with van der Waals surface area (Å²) in [7, 11) is 0. The molecule has 152 valence electrons. The molecule has 2 aromatic carbocycles. The number of benzene rings is 2. The average molecular weight is 405 g/mol. The summed E-state index contributed by atoms with van der Waals surface area (Å²) in [4.78, 5) is 54.7. The maximum atomic E-state index is 12.4. The van der Waals surface area contributed by atoms with Crippen LogP contribution in [0, 0.1) is 0 Å². The summed E-state index contributed by atoms with van der Waals surface area (Å²) in [6, 6.07) is 13.5. The lowest BCUT2D eigenvalue weighted by molar-refractivity contribution is -0.143. The fourth-order valence-corrected chi connectivity index (χ4v) is 3.40. The van der Waals surface area contributed by atoms with Gasteiger partial charge in [-0.15, -0.1) is 0 Å². The van der Waals surface area contributed by atoms with Crippen LogP contribution < -0.4 is 10.5 Å². The van der Waals surface area contributed by atoms with Crippen LogP contribution in [0.2, 0.25) is 0 Å². The van der Waals surface area contributed by atoms with Crippen LogP contribution in [0.15, 0.2) is 59.7 Å². The predicted octanol–water partition coefficient (Wildman–Crippen LogP) is 1.95. The highest BCUT2D eigenvalue weighted by atomic mass is 16.5. The van der Waals surface area contributed by atoms with Crippen molar-refractivity contribution in [2.45, 2.75) is 19.4 Å². The number of para-hydroxylation sites is 1. The lowest BCUT2D eigenvalue weighted by Gasteiger charge is -2.16. The first-order valence-electron chi connectivity index (χ1n) is 9.56. The zero-order chi connectivity index (χ0) is 21.1. The Bertz CT molecular complexity index is 1200. The minimum absolute atomic E-state index is 0.0282. The molecule has 0 bridgehead atoms. The van der Waals surface area contributed by atoms with Crippen molar-refractivity contribution >= 4 is 34.3 Å². The molecule has 0 atom stereocenters. The number of fused-ring (bicyclic) bond motifs is 1. The van der Waals surface area contributed by atoms with Crippen molar-refractivity contribution in [1.82, 2.24) is 9.55 Å². The van der Waals surface area contributed by atoms with E-state index in [9.17, 15) is 19.2 Å². The minimum atomic E-state index is -0.714. The van der Waals surface area contributed by atoms with Gasteiger partial charge in [-0.3, -0.25) is 23.7 Å². The minimum Gasteiger partial charge on any atom is -0.456 e. The Balaban J connectivity index is 1.40. The normalized spacial score (nSPS) is 13.6. The summed E-state index contributed by atoms with van der Waals surface area (Å²) in [6.45, 7) is -0.168. The Hall–Kier alpha value is -3.81. The molecule has 0 N–H and O–H groups in total. The number of carbonyl (C=O) groups excluding carboxylic acids is 3. The van der Waals surface area contributed by atoms with Gasteiger partial charge >= 0.3 is 5.97 Å². The Morgan fingerprint density at radius 2 is 1.90 bits per heavy atom. The van der Waals surface area contributed by atoms with E-state index in [-0.39, 0.29) is 23.8 Å². The molecular formula is C22H19N3O5. The number of nitrogens with zero attached hydrogens (tertiary/aromatic N) is 3. The number of carbonyl (C=O) groups is 3. The van der Waals surface area contributed by atoms with Gasteiger partial charge < -0.3 is 9.64 Å². The molecule has 1 aliphatic rings. The molecule has 1 saturated heterocycles. The molecule has 0 aliphatic carbocycles. The standard InChI is InChI=1S/C22H19N3O5/c26-19(15-5-3-6-16(11-15)25-10-4-9-20(25)27)13-30-21(28)12-24-14-23-18-8-2-1-7-17(18)22(24)29/h1-3,5-8,11,14H,4,9-10,12-13H2. The number of aromatic nitrogens is 2. The topological polar surface area (TPSA) is 98.6 Å². The van der Waals surface area contributed by atoms with E-state index in [1.165, 1.54) is 6.33 Å².